The third-order valence-corrected chi connectivity index (χ3v) is 3.12. The van der Waals surface area contributed by atoms with Crippen LogP contribution >= 0.6 is 0 Å². The van der Waals surface area contributed by atoms with E-state index in [4.69, 9.17) is 0 Å². The van der Waals surface area contributed by atoms with Gasteiger partial charge in [0.05, 0.1) is 18.8 Å². The minimum absolute atomic E-state index is 0.129. The van der Waals surface area contributed by atoms with Crippen LogP contribution in [0.4, 0.5) is 8.78 Å². The molecule has 5 heteroatoms. The van der Waals surface area contributed by atoms with Crippen molar-refractivity contribution in [3.05, 3.63) is 0 Å². The molecule has 0 unspecified atom stereocenters. The van der Waals surface area contributed by atoms with Crippen LogP contribution in [-0.4, -0.2) is 36.0 Å². The summed E-state index contributed by atoms with van der Waals surface area (Å²) in [4.78, 5) is 13.0. The molecule has 0 aromatic carbocycles. The molecule has 0 aromatic heterocycles. The number of nitrogens with zero attached hydrogens (tertiary/aromatic N) is 1. The molecule has 2 aliphatic rings. The molecule has 0 aromatic rings. The summed E-state index contributed by atoms with van der Waals surface area (Å²) in [6, 6.07) is 0. The zero-order valence-electron chi connectivity index (χ0n) is 7.93. The molecule has 0 bridgehead atoms. The number of rotatable bonds is 2. The molecule has 1 aliphatic carbocycles. The monoisotopic (exact) mass is 204 g/mol. The van der Waals surface area contributed by atoms with Gasteiger partial charge in [-0.3, -0.25) is 10.1 Å². The summed E-state index contributed by atoms with van der Waals surface area (Å²) in [5.41, 5.74) is -0.491. The van der Waals surface area contributed by atoms with E-state index < -0.39 is 18.5 Å². The largest absolute Gasteiger partial charge is 0.323 e. The van der Waals surface area contributed by atoms with E-state index in [-0.39, 0.29) is 12.6 Å². The summed E-state index contributed by atoms with van der Waals surface area (Å²) in [6.07, 6.45) is 1.19. The number of alkyl halides is 2. The van der Waals surface area contributed by atoms with Crippen molar-refractivity contribution < 1.29 is 13.6 Å². The molecule has 2 rings (SSSR count). The van der Waals surface area contributed by atoms with E-state index >= 15 is 0 Å². The number of hydrogen-bond acceptors (Lipinski definition) is 2. The molecule has 14 heavy (non-hydrogen) atoms. The minimum atomic E-state index is -2.43. The van der Waals surface area contributed by atoms with E-state index in [1.54, 1.807) is 0 Å². The van der Waals surface area contributed by atoms with Gasteiger partial charge < -0.3 is 4.90 Å². The summed E-state index contributed by atoms with van der Waals surface area (Å²) in [7, 11) is 0. The lowest BCUT2D eigenvalue weighted by atomic mass is 9.98. The number of hydrogen-bond donors (Lipinski definition) is 1. The zero-order valence-corrected chi connectivity index (χ0v) is 7.93. The lowest BCUT2D eigenvalue weighted by molar-refractivity contribution is -0.133. The first-order chi connectivity index (χ1) is 6.64. The van der Waals surface area contributed by atoms with E-state index in [0.717, 1.165) is 25.7 Å². The summed E-state index contributed by atoms with van der Waals surface area (Å²) in [6.45, 7) is -0.156. The van der Waals surface area contributed by atoms with Crippen molar-refractivity contribution >= 4 is 5.91 Å². The SMILES string of the molecule is O=C1N(CC(F)F)CNC12CCCC2. The first kappa shape index (κ1) is 9.83. The van der Waals surface area contributed by atoms with Gasteiger partial charge in [-0.25, -0.2) is 8.78 Å². The fourth-order valence-electron chi connectivity index (χ4n) is 2.38. The predicted octanol–water partition coefficient (Wildman–Crippen LogP) is 0.954. The second kappa shape index (κ2) is 3.46. The van der Waals surface area contributed by atoms with E-state index in [1.807, 2.05) is 0 Å². The van der Waals surface area contributed by atoms with Crippen molar-refractivity contribution in [2.75, 3.05) is 13.2 Å². The van der Waals surface area contributed by atoms with E-state index in [0.29, 0.717) is 0 Å². The number of halogens is 2. The molecule has 0 radical (unpaired) electrons. The zero-order chi connectivity index (χ0) is 10.2. The Labute approximate surface area is 81.4 Å². The van der Waals surface area contributed by atoms with Gasteiger partial charge >= 0.3 is 0 Å². The molecule has 0 atom stereocenters. The van der Waals surface area contributed by atoms with Gasteiger partial charge in [-0.1, -0.05) is 12.8 Å². The average molecular weight is 204 g/mol. The maximum absolute atomic E-state index is 12.1. The quantitative estimate of drug-likeness (QED) is 0.726. The van der Waals surface area contributed by atoms with Crippen molar-refractivity contribution in [2.45, 2.75) is 37.6 Å². The third-order valence-electron chi connectivity index (χ3n) is 3.12. The number of carbonyl (C=O) groups is 1. The van der Waals surface area contributed by atoms with Gasteiger partial charge in [0.25, 0.3) is 6.43 Å². The van der Waals surface area contributed by atoms with Crippen LogP contribution in [0.25, 0.3) is 0 Å². The van der Waals surface area contributed by atoms with Crippen molar-refractivity contribution in [3.8, 4) is 0 Å². The molecule has 1 spiro atoms. The third kappa shape index (κ3) is 1.49. The predicted molar refractivity (Wildman–Crippen MR) is 46.9 cm³/mol. The van der Waals surface area contributed by atoms with E-state index in [2.05, 4.69) is 5.32 Å². The second-order valence-electron chi connectivity index (χ2n) is 4.04. The van der Waals surface area contributed by atoms with Crippen LogP contribution in [0.1, 0.15) is 25.7 Å². The Bertz CT molecular complexity index is 239. The smallest absolute Gasteiger partial charge is 0.255 e. The molecule has 80 valence electrons. The molecule has 3 nitrogen and oxygen atoms in total. The molecule has 1 amide bonds. The average Bonchev–Trinajstić information content (AvgIpc) is 2.69. The highest BCUT2D eigenvalue weighted by Crippen LogP contribution is 2.34. The van der Waals surface area contributed by atoms with Crippen LogP contribution in [0.2, 0.25) is 0 Å². The van der Waals surface area contributed by atoms with E-state index in [1.165, 1.54) is 4.90 Å². The lowest BCUT2D eigenvalue weighted by Crippen LogP contribution is -2.44. The topological polar surface area (TPSA) is 32.3 Å². The molecular formula is C9H14F2N2O. The summed E-state index contributed by atoms with van der Waals surface area (Å²) in [5, 5.41) is 3.08. The number of amides is 1. The highest BCUT2D eigenvalue weighted by atomic mass is 19.3. The van der Waals surface area contributed by atoms with Crippen LogP contribution in [0.3, 0.4) is 0 Å². The van der Waals surface area contributed by atoms with Crippen LogP contribution in [0.15, 0.2) is 0 Å². The van der Waals surface area contributed by atoms with Gasteiger partial charge in [-0.05, 0) is 12.8 Å². The first-order valence-corrected chi connectivity index (χ1v) is 4.97. The van der Waals surface area contributed by atoms with Gasteiger partial charge in [0, 0.05) is 0 Å². The number of nitrogens with one attached hydrogen (secondary N) is 1. The Kier molecular flexibility index (Phi) is 2.43. The summed E-state index contributed by atoms with van der Waals surface area (Å²) >= 11 is 0. The van der Waals surface area contributed by atoms with Crippen LogP contribution in [0.5, 0.6) is 0 Å². The minimum Gasteiger partial charge on any atom is -0.323 e. The molecule has 1 saturated heterocycles. The molecule has 1 N–H and O–H groups in total. The Balaban J connectivity index is 2.03. The van der Waals surface area contributed by atoms with E-state index in [9.17, 15) is 13.6 Å². The molecule has 2 fully saturated rings. The Morgan fingerprint density at radius 1 is 1.43 bits per heavy atom. The Hall–Kier alpha value is -0.710. The van der Waals surface area contributed by atoms with Crippen molar-refractivity contribution in [3.63, 3.8) is 0 Å². The standard InChI is InChI=1S/C9H14F2N2O/c10-7(11)5-13-6-12-9(8(13)14)3-1-2-4-9/h7,12H,1-6H2. The highest BCUT2D eigenvalue weighted by molar-refractivity contribution is 5.88. The molecular weight excluding hydrogens is 190 g/mol. The highest BCUT2D eigenvalue weighted by Gasteiger charge is 2.48. The molecule has 1 saturated carbocycles. The fraction of sp³-hybridized carbons (Fsp3) is 0.889. The van der Waals surface area contributed by atoms with Gasteiger partial charge in [-0.15, -0.1) is 0 Å². The molecule has 1 heterocycles. The van der Waals surface area contributed by atoms with Crippen molar-refractivity contribution in [1.82, 2.24) is 10.2 Å². The second-order valence-corrected chi connectivity index (χ2v) is 4.04. The van der Waals surface area contributed by atoms with Crippen molar-refractivity contribution in [1.29, 1.82) is 0 Å². The lowest BCUT2D eigenvalue weighted by Gasteiger charge is -2.21. The van der Waals surface area contributed by atoms with Crippen LogP contribution < -0.4 is 5.32 Å². The van der Waals surface area contributed by atoms with Gasteiger partial charge in [-0.2, -0.15) is 0 Å². The van der Waals surface area contributed by atoms with Crippen LogP contribution in [0, 0.1) is 0 Å². The Morgan fingerprint density at radius 2 is 2.07 bits per heavy atom. The maximum atomic E-state index is 12.1. The normalized spacial score (nSPS) is 25.6. The van der Waals surface area contributed by atoms with Crippen molar-refractivity contribution in [2.24, 2.45) is 0 Å². The molecule has 1 aliphatic heterocycles. The number of carbonyl (C=O) groups excluding carboxylic acids is 1. The fourth-order valence-corrected chi connectivity index (χ4v) is 2.38. The summed E-state index contributed by atoms with van der Waals surface area (Å²) in [5.74, 6) is -0.129. The first-order valence-electron chi connectivity index (χ1n) is 4.97. The van der Waals surface area contributed by atoms with Gasteiger partial charge in [0.1, 0.15) is 0 Å². The van der Waals surface area contributed by atoms with Gasteiger partial charge in [0.15, 0.2) is 0 Å². The van der Waals surface area contributed by atoms with Gasteiger partial charge in [0.2, 0.25) is 5.91 Å². The summed E-state index contributed by atoms with van der Waals surface area (Å²) < 4.78 is 24.2. The maximum Gasteiger partial charge on any atom is 0.255 e. The Morgan fingerprint density at radius 3 is 2.64 bits per heavy atom. The van der Waals surface area contributed by atoms with Crippen LogP contribution in [-0.2, 0) is 4.79 Å².